The lowest BCUT2D eigenvalue weighted by atomic mass is 10.1. The zero-order chi connectivity index (χ0) is 12.5. The number of hydrogen-bond acceptors (Lipinski definition) is 4. The molecule has 0 spiro atoms. The second kappa shape index (κ2) is 4.69. The Morgan fingerprint density at radius 1 is 1.28 bits per heavy atom. The zero-order valence-electron chi connectivity index (χ0n) is 10.5. The van der Waals surface area contributed by atoms with Gasteiger partial charge in [0.2, 0.25) is 5.75 Å². The SMILES string of the molecule is COc1ccc2c(c1OC1CCCC1)OCC2O. The van der Waals surface area contributed by atoms with Gasteiger partial charge in [0.05, 0.1) is 13.2 Å². The van der Waals surface area contributed by atoms with Gasteiger partial charge in [0.1, 0.15) is 12.7 Å². The minimum absolute atomic E-state index is 0.242. The van der Waals surface area contributed by atoms with Gasteiger partial charge in [-0.25, -0.2) is 0 Å². The number of methoxy groups -OCH3 is 1. The molecule has 4 heteroatoms. The highest BCUT2D eigenvalue weighted by Crippen LogP contribution is 2.47. The summed E-state index contributed by atoms with van der Waals surface area (Å²) in [5, 5.41) is 9.81. The molecule has 98 valence electrons. The van der Waals surface area contributed by atoms with E-state index in [9.17, 15) is 5.11 Å². The zero-order valence-corrected chi connectivity index (χ0v) is 10.5. The van der Waals surface area contributed by atoms with Gasteiger partial charge in [-0.15, -0.1) is 0 Å². The molecule has 1 saturated carbocycles. The molecule has 1 fully saturated rings. The number of ether oxygens (including phenoxy) is 3. The summed E-state index contributed by atoms with van der Waals surface area (Å²) in [6.07, 6.45) is 4.27. The van der Waals surface area contributed by atoms with Crippen LogP contribution in [-0.2, 0) is 0 Å². The summed E-state index contributed by atoms with van der Waals surface area (Å²) in [5.41, 5.74) is 0.795. The van der Waals surface area contributed by atoms with Crippen molar-refractivity contribution in [1.29, 1.82) is 0 Å². The van der Waals surface area contributed by atoms with Gasteiger partial charge in [0.15, 0.2) is 11.5 Å². The molecule has 0 amide bonds. The van der Waals surface area contributed by atoms with E-state index in [1.807, 2.05) is 12.1 Å². The predicted molar refractivity (Wildman–Crippen MR) is 66.3 cm³/mol. The maximum Gasteiger partial charge on any atom is 0.204 e. The molecule has 0 radical (unpaired) electrons. The average Bonchev–Trinajstić information content (AvgIpc) is 3.00. The summed E-state index contributed by atoms with van der Waals surface area (Å²) in [5.74, 6) is 1.97. The Labute approximate surface area is 106 Å². The van der Waals surface area contributed by atoms with E-state index in [1.165, 1.54) is 12.8 Å². The van der Waals surface area contributed by atoms with E-state index in [4.69, 9.17) is 14.2 Å². The second-order valence-corrected chi connectivity index (χ2v) is 4.87. The van der Waals surface area contributed by atoms with Crippen molar-refractivity contribution in [1.82, 2.24) is 0 Å². The fraction of sp³-hybridized carbons (Fsp3) is 0.571. The van der Waals surface area contributed by atoms with Crippen molar-refractivity contribution in [2.75, 3.05) is 13.7 Å². The molecule has 4 nitrogen and oxygen atoms in total. The van der Waals surface area contributed by atoms with Crippen LogP contribution < -0.4 is 14.2 Å². The number of aliphatic hydroxyl groups is 1. The molecule has 2 aliphatic rings. The van der Waals surface area contributed by atoms with Crippen molar-refractivity contribution < 1.29 is 19.3 Å². The van der Waals surface area contributed by atoms with Crippen molar-refractivity contribution in [3.63, 3.8) is 0 Å². The van der Waals surface area contributed by atoms with Crippen LogP contribution in [0.4, 0.5) is 0 Å². The van der Waals surface area contributed by atoms with Gasteiger partial charge >= 0.3 is 0 Å². The van der Waals surface area contributed by atoms with Crippen LogP contribution >= 0.6 is 0 Å². The molecule has 1 heterocycles. The summed E-state index contributed by atoms with van der Waals surface area (Å²) in [6.45, 7) is 0.295. The van der Waals surface area contributed by atoms with Crippen molar-refractivity contribution in [3.05, 3.63) is 17.7 Å². The van der Waals surface area contributed by atoms with Crippen LogP contribution in [0.25, 0.3) is 0 Å². The Bertz CT molecular complexity index is 438. The van der Waals surface area contributed by atoms with Crippen LogP contribution in [0.3, 0.4) is 0 Å². The van der Waals surface area contributed by atoms with Gasteiger partial charge in [0.25, 0.3) is 0 Å². The monoisotopic (exact) mass is 250 g/mol. The van der Waals surface area contributed by atoms with Crippen LogP contribution in [0.5, 0.6) is 17.2 Å². The maximum atomic E-state index is 9.81. The van der Waals surface area contributed by atoms with Gasteiger partial charge < -0.3 is 19.3 Å². The molecule has 1 aromatic rings. The molecular formula is C14H18O4. The van der Waals surface area contributed by atoms with Crippen molar-refractivity contribution in [2.24, 2.45) is 0 Å². The van der Waals surface area contributed by atoms with Gasteiger partial charge in [-0.1, -0.05) is 0 Å². The second-order valence-electron chi connectivity index (χ2n) is 4.87. The maximum absolute atomic E-state index is 9.81. The van der Waals surface area contributed by atoms with Crippen molar-refractivity contribution >= 4 is 0 Å². The first kappa shape index (κ1) is 11.7. The summed E-state index contributed by atoms with van der Waals surface area (Å²) in [7, 11) is 1.62. The molecule has 18 heavy (non-hydrogen) atoms. The topological polar surface area (TPSA) is 47.9 Å². The first-order valence-corrected chi connectivity index (χ1v) is 6.48. The highest BCUT2D eigenvalue weighted by atomic mass is 16.6. The number of rotatable bonds is 3. The van der Waals surface area contributed by atoms with Gasteiger partial charge in [-0.3, -0.25) is 0 Å². The lowest BCUT2D eigenvalue weighted by molar-refractivity contribution is 0.137. The lowest BCUT2D eigenvalue weighted by Crippen LogP contribution is -2.12. The molecule has 0 saturated heterocycles. The third-order valence-electron chi connectivity index (χ3n) is 3.66. The minimum atomic E-state index is -0.558. The predicted octanol–water partition coefficient (Wildman–Crippen LogP) is 2.44. The highest BCUT2D eigenvalue weighted by molar-refractivity contribution is 5.58. The largest absolute Gasteiger partial charge is 0.493 e. The Hall–Kier alpha value is -1.42. The smallest absolute Gasteiger partial charge is 0.204 e. The Kier molecular flexibility index (Phi) is 3.04. The minimum Gasteiger partial charge on any atom is -0.493 e. The molecule has 1 unspecified atom stereocenters. The van der Waals surface area contributed by atoms with Gasteiger partial charge in [-0.2, -0.15) is 0 Å². The molecular weight excluding hydrogens is 232 g/mol. The fourth-order valence-corrected chi connectivity index (χ4v) is 2.67. The molecule has 3 rings (SSSR count). The third-order valence-corrected chi connectivity index (χ3v) is 3.66. The highest BCUT2D eigenvalue weighted by Gasteiger charge is 2.30. The number of aliphatic hydroxyl groups excluding tert-OH is 1. The van der Waals surface area contributed by atoms with E-state index >= 15 is 0 Å². The molecule has 1 aliphatic heterocycles. The summed E-state index contributed by atoms with van der Waals surface area (Å²) in [6, 6.07) is 3.67. The van der Waals surface area contributed by atoms with E-state index in [0.29, 0.717) is 23.9 Å². The normalized spacial score (nSPS) is 22.7. The van der Waals surface area contributed by atoms with Crippen molar-refractivity contribution in [2.45, 2.75) is 37.9 Å². The van der Waals surface area contributed by atoms with E-state index < -0.39 is 6.10 Å². The van der Waals surface area contributed by atoms with Crippen LogP contribution in [0, 0.1) is 0 Å². The van der Waals surface area contributed by atoms with Crippen molar-refractivity contribution in [3.8, 4) is 17.2 Å². The average molecular weight is 250 g/mol. The summed E-state index contributed by atoms with van der Waals surface area (Å²) < 4.78 is 16.9. The van der Waals surface area contributed by atoms with Gasteiger partial charge in [-0.05, 0) is 37.8 Å². The van der Waals surface area contributed by atoms with E-state index in [1.54, 1.807) is 7.11 Å². The van der Waals surface area contributed by atoms with Crippen LogP contribution in [0.2, 0.25) is 0 Å². The first-order valence-electron chi connectivity index (χ1n) is 6.48. The summed E-state index contributed by atoms with van der Waals surface area (Å²) in [4.78, 5) is 0. The van der Waals surface area contributed by atoms with Crippen LogP contribution in [-0.4, -0.2) is 24.9 Å². The number of fused-ring (bicyclic) bond motifs is 1. The van der Waals surface area contributed by atoms with E-state index in [-0.39, 0.29) is 6.10 Å². The summed E-state index contributed by atoms with van der Waals surface area (Å²) >= 11 is 0. The Morgan fingerprint density at radius 3 is 2.78 bits per heavy atom. The molecule has 0 aromatic heterocycles. The standard InChI is InChI=1S/C14H18O4/c1-16-12-7-6-10-11(15)8-17-13(10)14(12)18-9-4-2-3-5-9/h6-7,9,11,15H,2-5,8H2,1H3. The fourth-order valence-electron chi connectivity index (χ4n) is 2.67. The molecule has 1 aromatic carbocycles. The van der Waals surface area contributed by atoms with E-state index in [0.717, 1.165) is 18.4 Å². The van der Waals surface area contributed by atoms with Gasteiger partial charge in [0, 0.05) is 5.56 Å². The molecule has 1 atom stereocenters. The quantitative estimate of drug-likeness (QED) is 0.895. The molecule has 1 N–H and O–H groups in total. The van der Waals surface area contributed by atoms with E-state index in [2.05, 4.69) is 0 Å². The number of benzene rings is 1. The molecule has 1 aliphatic carbocycles. The first-order chi connectivity index (χ1) is 8.79. The third kappa shape index (κ3) is 1.90. The lowest BCUT2D eigenvalue weighted by Gasteiger charge is -2.18. The van der Waals surface area contributed by atoms with Crippen LogP contribution in [0.1, 0.15) is 37.4 Å². The number of hydrogen-bond donors (Lipinski definition) is 1. The molecule has 0 bridgehead atoms. The Balaban J connectivity index is 1.94. The van der Waals surface area contributed by atoms with Crippen LogP contribution in [0.15, 0.2) is 12.1 Å². The Morgan fingerprint density at radius 2 is 2.06 bits per heavy atom.